The molecule has 7 heteroatoms. The van der Waals surface area contributed by atoms with Crippen molar-refractivity contribution in [3.8, 4) is 11.5 Å². The first-order valence-electron chi connectivity index (χ1n) is 18.2. The predicted molar refractivity (Wildman–Crippen MR) is 174 cm³/mol. The van der Waals surface area contributed by atoms with E-state index < -0.39 is 11.6 Å². The number of benzene rings is 2. The SMILES string of the molecule is C=C(c1ccc(Oc2cccc(C(=C)C3COC4(OO3)C3CC5CC(C3)CC4C5)c2)cc1)C1COC2(OO1)C1CC3CC(C1)CC2C3. The Morgan fingerprint density at radius 1 is 0.553 bits per heavy atom. The summed E-state index contributed by atoms with van der Waals surface area (Å²) in [5.41, 5.74) is 3.59. The van der Waals surface area contributed by atoms with Gasteiger partial charge in [-0.3, -0.25) is 0 Å². The Labute approximate surface area is 277 Å². The van der Waals surface area contributed by atoms with E-state index in [0.717, 1.165) is 57.4 Å². The first-order chi connectivity index (χ1) is 22.9. The van der Waals surface area contributed by atoms with Crippen molar-refractivity contribution in [2.24, 2.45) is 47.3 Å². The zero-order valence-electron chi connectivity index (χ0n) is 27.1. The Balaban J connectivity index is 0.755. The fourth-order valence-corrected chi connectivity index (χ4v) is 11.5. The van der Waals surface area contributed by atoms with Gasteiger partial charge in [-0.1, -0.05) is 37.4 Å². The van der Waals surface area contributed by atoms with Crippen LogP contribution in [0.5, 0.6) is 11.5 Å². The second kappa shape index (κ2) is 11.0. The van der Waals surface area contributed by atoms with Crippen LogP contribution in [0.2, 0.25) is 0 Å². The third-order valence-corrected chi connectivity index (χ3v) is 13.5. The van der Waals surface area contributed by atoms with Crippen LogP contribution in [0, 0.1) is 47.3 Å². The number of rotatable bonds is 6. The van der Waals surface area contributed by atoms with Crippen molar-refractivity contribution < 1.29 is 33.8 Å². The third-order valence-electron chi connectivity index (χ3n) is 13.5. The molecule has 47 heavy (non-hydrogen) atoms. The fourth-order valence-electron chi connectivity index (χ4n) is 11.5. The summed E-state index contributed by atoms with van der Waals surface area (Å²) in [6, 6.07) is 15.9. The first kappa shape index (κ1) is 29.4. The zero-order valence-corrected chi connectivity index (χ0v) is 27.1. The standard InChI is InChI=1S/C40H46O7/c1-23(37-21-41-39(46-44-37)31-12-25-10-26(14-31)15-32(39)13-25)29-6-8-35(9-7-29)43-36-5-3-4-30(20-36)24(2)38-22-42-40(47-45-38)33-16-27-11-28(18-33)19-34(40)17-27/h3-9,20,25-28,31-34,37-38H,1-2,10-19,21-22H2. The summed E-state index contributed by atoms with van der Waals surface area (Å²) < 4.78 is 19.4. The van der Waals surface area contributed by atoms with Crippen molar-refractivity contribution in [1.29, 1.82) is 0 Å². The van der Waals surface area contributed by atoms with E-state index in [1.807, 2.05) is 48.5 Å². The monoisotopic (exact) mass is 638 g/mol. The van der Waals surface area contributed by atoms with Gasteiger partial charge < -0.3 is 14.2 Å². The molecule has 12 rings (SSSR count). The lowest BCUT2D eigenvalue weighted by Gasteiger charge is -2.60. The lowest BCUT2D eigenvalue weighted by molar-refractivity contribution is -0.517. The quantitative estimate of drug-likeness (QED) is 0.294. The van der Waals surface area contributed by atoms with Crippen LogP contribution in [0.3, 0.4) is 0 Å². The smallest absolute Gasteiger partial charge is 0.207 e. The van der Waals surface area contributed by atoms with Gasteiger partial charge in [0.2, 0.25) is 11.6 Å². The van der Waals surface area contributed by atoms with E-state index >= 15 is 0 Å². The van der Waals surface area contributed by atoms with Crippen molar-refractivity contribution in [2.75, 3.05) is 13.2 Å². The lowest BCUT2D eigenvalue weighted by atomic mass is 9.53. The van der Waals surface area contributed by atoms with Gasteiger partial charge >= 0.3 is 0 Å². The van der Waals surface area contributed by atoms with Crippen molar-refractivity contribution in [1.82, 2.24) is 0 Å². The Hall–Kier alpha value is -2.52. The van der Waals surface area contributed by atoms with E-state index in [0.29, 0.717) is 36.9 Å². The highest BCUT2D eigenvalue weighted by atomic mass is 17.2. The predicted octanol–water partition coefficient (Wildman–Crippen LogP) is 8.50. The topological polar surface area (TPSA) is 64.6 Å². The summed E-state index contributed by atoms with van der Waals surface area (Å²) in [4.78, 5) is 24.5. The van der Waals surface area contributed by atoms with Gasteiger partial charge in [-0.2, -0.15) is 9.78 Å². The van der Waals surface area contributed by atoms with Crippen LogP contribution >= 0.6 is 0 Å². The molecule has 2 spiro atoms. The first-order valence-corrected chi connectivity index (χ1v) is 18.2. The van der Waals surface area contributed by atoms with E-state index in [-0.39, 0.29) is 12.2 Å². The Bertz CT molecular complexity index is 1490. The van der Waals surface area contributed by atoms with Gasteiger partial charge in [0, 0.05) is 23.7 Å². The summed E-state index contributed by atoms with van der Waals surface area (Å²) in [5, 5.41) is 0. The molecule has 2 saturated heterocycles. The molecule has 0 radical (unpaired) electrons. The molecule has 8 bridgehead atoms. The minimum absolute atomic E-state index is 0.333. The van der Waals surface area contributed by atoms with Gasteiger partial charge in [0.15, 0.2) is 0 Å². The van der Waals surface area contributed by atoms with Gasteiger partial charge in [-0.05, 0) is 134 Å². The molecule has 2 heterocycles. The van der Waals surface area contributed by atoms with Crippen molar-refractivity contribution >= 4 is 11.1 Å². The number of hydrogen-bond acceptors (Lipinski definition) is 7. The van der Waals surface area contributed by atoms with E-state index in [1.54, 1.807) is 0 Å². The number of ether oxygens (including phenoxy) is 3. The van der Waals surface area contributed by atoms with E-state index in [4.69, 9.17) is 33.8 Å². The molecule has 2 aromatic rings. The van der Waals surface area contributed by atoms with E-state index in [1.165, 1.54) is 64.2 Å². The van der Waals surface area contributed by atoms with Crippen LogP contribution < -0.4 is 4.74 Å². The van der Waals surface area contributed by atoms with Gasteiger partial charge in [0.05, 0.1) is 13.2 Å². The molecule has 8 aliphatic carbocycles. The van der Waals surface area contributed by atoms with Gasteiger partial charge in [0.1, 0.15) is 23.7 Å². The summed E-state index contributed by atoms with van der Waals surface area (Å²) >= 11 is 0. The molecule has 2 aliphatic heterocycles. The largest absolute Gasteiger partial charge is 0.457 e. The maximum absolute atomic E-state index is 6.58. The normalized spacial score (nSPS) is 44.3. The molecule has 0 aromatic heterocycles. The fraction of sp³-hybridized carbons (Fsp3) is 0.600. The van der Waals surface area contributed by atoms with Crippen LogP contribution in [0.4, 0.5) is 0 Å². The van der Waals surface area contributed by atoms with Gasteiger partial charge in [0.25, 0.3) is 0 Å². The highest BCUT2D eigenvalue weighted by molar-refractivity contribution is 5.69. The summed E-state index contributed by atoms with van der Waals surface area (Å²) in [6.45, 7) is 9.64. The second-order valence-electron chi connectivity index (χ2n) is 16.2. The van der Waals surface area contributed by atoms with Crippen molar-refractivity contribution in [3.05, 3.63) is 72.8 Å². The average Bonchev–Trinajstić information content (AvgIpc) is 3.09. The average molecular weight is 639 g/mol. The lowest BCUT2D eigenvalue weighted by Crippen LogP contribution is -2.63. The molecule has 248 valence electrons. The molecular weight excluding hydrogens is 592 g/mol. The highest BCUT2D eigenvalue weighted by Gasteiger charge is 2.63. The molecular formula is C40H46O7. The summed E-state index contributed by atoms with van der Waals surface area (Å²) in [7, 11) is 0. The van der Waals surface area contributed by atoms with Gasteiger partial charge in [-0.25, -0.2) is 9.78 Å². The molecule has 2 aromatic carbocycles. The van der Waals surface area contributed by atoms with Gasteiger partial charge in [-0.15, -0.1) is 0 Å². The number of hydrogen-bond donors (Lipinski definition) is 0. The van der Waals surface area contributed by atoms with Crippen molar-refractivity contribution in [3.63, 3.8) is 0 Å². The zero-order chi connectivity index (χ0) is 31.3. The van der Waals surface area contributed by atoms with Crippen molar-refractivity contribution in [2.45, 2.75) is 88.0 Å². The Morgan fingerprint density at radius 2 is 1.02 bits per heavy atom. The Morgan fingerprint density at radius 3 is 1.47 bits per heavy atom. The molecule has 7 nitrogen and oxygen atoms in total. The minimum Gasteiger partial charge on any atom is -0.457 e. The molecule has 0 amide bonds. The molecule has 8 saturated carbocycles. The van der Waals surface area contributed by atoms with E-state index in [9.17, 15) is 0 Å². The highest BCUT2D eigenvalue weighted by Crippen LogP contribution is 2.62. The van der Waals surface area contributed by atoms with E-state index in [2.05, 4.69) is 13.2 Å². The van der Waals surface area contributed by atoms with Crippen LogP contribution in [0.15, 0.2) is 61.7 Å². The molecule has 10 fully saturated rings. The molecule has 2 atom stereocenters. The Kier molecular flexibility index (Phi) is 6.88. The maximum atomic E-state index is 6.58. The van der Waals surface area contributed by atoms with Crippen LogP contribution in [-0.4, -0.2) is 37.0 Å². The second-order valence-corrected chi connectivity index (χ2v) is 16.2. The maximum Gasteiger partial charge on any atom is 0.207 e. The minimum atomic E-state index is -0.563. The molecule has 2 unspecified atom stereocenters. The van der Waals surface area contributed by atoms with Crippen LogP contribution in [0.25, 0.3) is 11.1 Å². The summed E-state index contributed by atoms with van der Waals surface area (Å²) in [5.74, 6) is 5.53. The van der Waals surface area contributed by atoms with Crippen LogP contribution in [-0.2, 0) is 29.0 Å². The molecule has 0 N–H and O–H groups in total. The van der Waals surface area contributed by atoms with Crippen LogP contribution in [0.1, 0.15) is 75.3 Å². The summed E-state index contributed by atoms with van der Waals surface area (Å²) in [6.07, 6.45) is 11.7. The third kappa shape index (κ3) is 4.75. The molecule has 10 aliphatic rings.